The van der Waals surface area contributed by atoms with Crippen molar-refractivity contribution in [2.75, 3.05) is 6.54 Å². The molecule has 0 aromatic carbocycles. The lowest BCUT2D eigenvalue weighted by Gasteiger charge is -2.36. The number of amidine groups is 1. The molecule has 0 aromatic rings. The number of rotatable bonds is 2. The first-order valence-electron chi connectivity index (χ1n) is 5.13. The summed E-state index contributed by atoms with van der Waals surface area (Å²) in [5.74, 6) is 0.835. The summed E-state index contributed by atoms with van der Waals surface area (Å²) >= 11 is 0. The maximum absolute atomic E-state index is 7.79. The van der Waals surface area contributed by atoms with Gasteiger partial charge in [0.05, 0.1) is 5.84 Å². The molecule has 1 aliphatic heterocycles. The van der Waals surface area contributed by atoms with Crippen LogP contribution in [0, 0.1) is 5.41 Å². The van der Waals surface area contributed by atoms with Gasteiger partial charge >= 0.3 is 0 Å². The van der Waals surface area contributed by atoms with Gasteiger partial charge in [-0.15, -0.1) is 0 Å². The topological polar surface area (TPSA) is 27.1 Å². The minimum Gasteiger partial charge on any atom is -0.358 e. The van der Waals surface area contributed by atoms with Crippen LogP contribution in [0.25, 0.3) is 0 Å². The van der Waals surface area contributed by atoms with E-state index in [-0.39, 0.29) is 0 Å². The van der Waals surface area contributed by atoms with Crippen LogP contribution in [0.4, 0.5) is 0 Å². The van der Waals surface area contributed by atoms with Crippen molar-refractivity contribution in [2.24, 2.45) is 0 Å². The number of nitrogens with one attached hydrogen (secondary N) is 1. The Labute approximate surface area is 75.5 Å². The summed E-state index contributed by atoms with van der Waals surface area (Å²) in [7, 11) is 0. The van der Waals surface area contributed by atoms with Crippen molar-refractivity contribution in [3.63, 3.8) is 0 Å². The van der Waals surface area contributed by atoms with Gasteiger partial charge in [-0.3, -0.25) is 5.41 Å². The summed E-state index contributed by atoms with van der Waals surface area (Å²) in [6, 6.07) is 0.659. The number of piperidine rings is 1. The van der Waals surface area contributed by atoms with Gasteiger partial charge < -0.3 is 4.90 Å². The molecule has 0 radical (unpaired) electrons. The Hall–Kier alpha value is -0.530. The van der Waals surface area contributed by atoms with Crippen molar-refractivity contribution in [3.05, 3.63) is 0 Å². The van der Waals surface area contributed by atoms with E-state index < -0.39 is 0 Å². The van der Waals surface area contributed by atoms with E-state index in [1.807, 2.05) is 0 Å². The lowest BCUT2D eigenvalue weighted by Crippen LogP contribution is -2.42. The molecule has 2 nitrogen and oxygen atoms in total. The van der Waals surface area contributed by atoms with Crippen molar-refractivity contribution < 1.29 is 0 Å². The Morgan fingerprint density at radius 2 is 2.17 bits per heavy atom. The highest BCUT2D eigenvalue weighted by Gasteiger charge is 2.21. The van der Waals surface area contributed by atoms with Crippen molar-refractivity contribution in [2.45, 2.75) is 52.0 Å². The van der Waals surface area contributed by atoms with Crippen molar-refractivity contribution in [3.8, 4) is 0 Å². The molecule has 0 saturated carbocycles. The first kappa shape index (κ1) is 9.56. The zero-order valence-electron chi connectivity index (χ0n) is 8.27. The van der Waals surface area contributed by atoms with Gasteiger partial charge in [0.15, 0.2) is 0 Å². The van der Waals surface area contributed by atoms with E-state index in [0.29, 0.717) is 6.04 Å². The minimum absolute atomic E-state index is 0.659. The second-order valence-corrected chi connectivity index (χ2v) is 3.55. The van der Waals surface area contributed by atoms with Crippen LogP contribution in [0.15, 0.2) is 0 Å². The van der Waals surface area contributed by atoms with E-state index in [9.17, 15) is 0 Å². The van der Waals surface area contributed by atoms with Crippen molar-refractivity contribution in [1.82, 2.24) is 4.90 Å². The molecule has 12 heavy (non-hydrogen) atoms. The third kappa shape index (κ3) is 1.99. The van der Waals surface area contributed by atoms with Gasteiger partial charge in [-0.25, -0.2) is 0 Å². The predicted molar refractivity (Wildman–Crippen MR) is 52.7 cm³/mol. The molecule has 1 fully saturated rings. The van der Waals surface area contributed by atoms with Gasteiger partial charge in [0, 0.05) is 19.0 Å². The third-order valence-electron chi connectivity index (χ3n) is 2.78. The second-order valence-electron chi connectivity index (χ2n) is 3.55. The number of likely N-dealkylation sites (tertiary alicyclic amines) is 1. The molecule has 1 rings (SSSR count). The van der Waals surface area contributed by atoms with E-state index in [1.165, 1.54) is 25.7 Å². The van der Waals surface area contributed by atoms with Gasteiger partial charge in [0.2, 0.25) is 0 Å². The van der Waals surface area contributed by atoms with E-state index >= 15 is 0 Å². The van der Waals surface area contributed by atoms with E-state index in [2.05, 4.69) is 18.7 Å². The molecule has 1 saturated heterocycles. The number of hydrogen-bond acceptors (Lipinski definition) is 1. The van der Waals surface area contributed by atoms with Crippen LogP contribution in [0.5, 0.6) is 0 Å². The molecule has 0 spiro atoms. The zero-order chi connectivity index (χ0) is 8.97. The molecule has 0 amide bonds. The highest BCUT2D eigenvalue weighted by molar-refractivity contribution is 5.79. The molecule has 0 bridgehead atoms. The fourth-order valence-electron chi connectivity index (χ4n) is 1.98. The second kappa shape index (κ2) is 4.48. The van der Waals surface area contributed by atoms with Gasteiger partial charge in [0.25, 0.3) is 0 Å². The lowest BCUT2D eigenvalue weighted by molar-refractivity contribution is 0.231. The van der Waals surface area contributed by atoms with E-state index in [0.717, 1.165) is 18.8 Å². The van der Waals surface area contributed by atoms with Crippen LogP contribution >= 0.6 is 0 Å². The monoisotopic (exact) mass is 168 g/mol. The minimum atomic E-state index is 0.659. The maximum Gasteiger partial charge on any atom is 0.0957 e. The summed E-state index contributed by atoms with van der Waals surface area (Å²) in [5.41, 5.74) is 0. The highest BCUT2D eigenvalue weighted by Crippen LogP contribution is 2.19. The first-order chi connectivity index (χ1) is 5.79. The summed E-state index contributed by atoms with van der Waals surface area (Å²) in [4.78, 5) is 2.30. The molecular formula is C10H20N2. The number of hydrogen-bond donors (Lipinski definition) is 1. The normalized spacial score (nSPS) is 24.2. The maximum atomic E-state index is 7.79. The molecule has 0 aromatic heterocycles. The molecule has 1 unspecified atom stereocenters. The van der Waals surface area contributed by atoms with Gasteiger partial charge in [0.1, 0.15) is 0 Å². The summed E-state index contributed by atoms with van der Waals surface area (Å²) in [6.45, 7) is 5.42. The molecule has 1 atom stereocenters. The van der Waals surface area contributed by atoms with Crippen LogP contribution in [0.2, 0.25) is 0 Å². The van der Waals surface area contributed by atoms with E-state index in [4.69, 9.17) is 5.41 Å². The standard InChI is InChI=1S/C10H20N2/c1-3-9-7-5-6-8-12(9)10(11)4-2/h9,11H,3-8H2,1-2H3. The summed E-state index contributed by atoms with van der Waals surface area (Å²) in [6.07, 6.45) is 6.00. The van der Waals surface area contributed by atoms with Crippen molar-refractivity contribution in [1.29, 1.82) is 5.41 Å². The zero-order valence-corrected chi connectivity index (χ0v) is 8.27. The molecule has 70 valence electrons. The van der Waals surface area contributed by atoms with Gasteiger partial charge in [-0.05, 0) is 25.7 Å². The van der Waals surface area contributed by atoms with Crippen LogP contribution in [0.3, 0.4) is 0 Å². The SMILES string of the molecule is CCC(=N)N1CCCCC1CC. The molecular weight excluding hydrogens is 148 g/mol. The first-order valence-corrected chi connectivity index (χ1v) is 5.13. The fraction of sp³-hybridized carbons (Fsp3) is 0.900. The van der Waals surface area contributed by atoms with E-state index in [1.54, 1.807) is 0 Å². The van der Waals surface area contributed by atoms with Gasteiger partial charge in [-0.1, -0.05) is 13.8 Å². The fourth-order valence-corrected chi connectivity index (χ4v) is 1.98. The lowest BCUT2D eigenvalue weighted by atomic mass is 9.99. The molecule has 2 heteroatoms. The predicted octanol–water partition coefficient (Wildman–Crippen LogP) is 2.64. The highest BCUT2D eigenvalue weighted by atomic mass is 15.2. The Bertz CT molecular complexity index is 154. The van der Waals surface area contributed by atoms with Crippen LogP contribution in [0.1, 0.15) is 46.0 Å². The molecule has 1 heterocycles. The molecule has 0 aliphatic carbocycles. The summed E-state index contributed by atoms with van der Waals surface area (Å²) < 4.78 is 0. The average Bonchev–Trinajstić information content (AvgIpc) is 2.16. The Kier molecular flexibility index (Phi) is 3.57. The Balaban J connectivity index is 2.52. The Morgan fingerprint density at radius 1 is 1.42 bits per heavy atom. The third-order valence-corrected chi connectivity index (χ3v) is 2.78. The van der Waals surface area contributed by atoms with Crippen molar-refractivity contribution >= 4 is 5.84 Å². The quantitative estimate of drug-likeness (QED) is 0.498. The van der Waals surface area contributed by atoms with Crippen LogP contribution in [-0.2, 0) is 0 Å². The molecule has 1 aliphatic rings. The largest absolute Gasteiger partial charge is 0.358 e. The molecule has 1 N–H and O–H groups in total. The summed E-state index contributed by atoms with van der Waals surface area (Å²) in [5, 5.41) is 7.79. The van der Waals surface area contributed by atoms with Gasteiger partial charge in [-0.2, -0.15) is 0 Å². The Morgan fingerprint density at radius 3 is 2.75 bits per heavy atom. The average molecular weight is 168 g/mol. The smallest absolute Gasteiger partial charge is 0.0957 e. The number of nitrogens with zero attached hydrogens (tertiary/aromatic N) is 1. The van der Waals surface area contributed by atoms with Crippen LogP contribution < -0.4 is 0 Å². The van der Waals surface area contributed by atoms with Crippen LogP contribution in [-0.4, -0.2) is 23.3 Å².